The summed E-state index contributed by atoms with van der Waals surface area (Å²) in [4.78, 5) is 22.2. The van der Waals surface area contributed by atoms with E-state index in [0.29, 0.717) is 13.0 Å². The van der Waals surface area contributed by atoms with E-state index in [1.54, 1.807) is 0 Å². The number of urea groups is 1. The Bertz CT molecular complexity index is 476. The predicted molar refractivity (Wildman–Crippen MR) is 79.4 cm³/mol. The minimum atomic E-state index is -0.941. The standard InChI is InChI=1S/C15H22N2O4/c1-3-12(17-15(20)16-10-9-14(18)19)11-7-5-6-8-13(11)21-4-2/h5-8,12H,3-4,9-10H2,1-2H3,(H,18,19)(H2,16,17,20). The van der Waals surface area contributed by atoms with Crippen molar-refractivity contribution >= 4 is 12.0 Å². The highest BCUT2D eigenvalue weighted by atomic mass is 16.5. The Morgan fingerprint density at radius 2 is 2.00 bits per heavy atom. The summed E-state index contributed by atoms with van der Waals surface area (Å²) in [5.41, 5.74) is 0.912. The first kappa shape index (κ1) is 16.8. The van der Waals surface area contributed by atoms with Crippen LogP contribution in [-0.4, -0.2) is 30.3 Å². The van der Waals surface area contributed by atoms with Crippen molar-refractivity contribution in [1.29, 1.82) is 0 Å². The highest BCUT2D eigenvalue weighted by Crippen LogP contribution is 2.27. The molecular formula is C15H22N2O4. The largest absolute Gasteiger partial charge is 0.494 e. The quantitative estimate of drug-likeness (QED) is 0.686. The molecule has 21 heavy (non-hydrogen) atoms. The van der Waals surface area contributed by atoms with E-state index in [2.05, 4.69) is 10.6 Å². The smallest absolute Gasteiger partial charge is 0.315 e. The fourth-order valence-corrected chi connectivity index (χ4v) is 1.95. The highest BCUT2D eigenvalue weighted by Gasteiger charge is 2.16. The number of benzene rings is 1. The maximum atomic E-state index is 11.8. The first-order valence-electron chi connectivity index (χ1n) is 7.06. The topological polar surface area (TPSA) is 87.7 Å². The molecule has 116 valence electrons. The summed E-state index contributed by atoms with van der Waals surface area (Å²) in [6, 6.07) is 6.99. The lowest BCUT2D eigenvalue weighted by Crippen LogP contribution is -2.38. The number of aliphatic carboxylic acids is 1. The third kappa shape index (κ3) is 5.72. The second-order valence-electron chi connectivity index (χ2n) is 4.48. The summed E-state index contributed by atoms with van der Waals surface area (Å²) < 4.78 is 5.56. The molecule has 0 heterocycles. The molecule has 1 atom stereocenters. The van der Waals surface area contributed by atoms with Crippen LogP contribution < -0.4 is 15.4 Å². The van der Waals surface area contributed by atoms with E-state index in [1.807, 2.05) is 38.1 Å². The first-order valence-corrected chi connectivity index (χ1v) is 7.06. The zero-order valence-corrected chi connectivity index (χ0v) is 12.4. The molecule has 0 saturated carbocycles. The average Bonchev–Trinajstić information content (AvgIpc) is 2.45. The van der Waals surface area contributed by atoms with Gasteiger partial charge in [-0.2, -0.15) is 0 Å². The van der Waals surface area contributed by atoms with Crippen molar-refractivity contribution < 1.29 is 19.4 Å². The molecule has 0 fully saturated rings. The summed E-state index contributed by atoms with van der Waals surface area (Å²) >= 11 is 0. The van der Waals surface area contributed by atoms with Crippen LogP contribution in [-0.2, 0) is 4.79 Å². The van der Waals surface area contributed by atoms with Crippen LogP contribution in [0.2, 0.25) is 0 Å². The number of ether oxygens (including phenoxy) is 1. The van der Waals surface area contributed by atoms with Crippen molar-refractivity contribution in [3.8, 4) is 5.75 Å². The van der Waals surface area contributed by atoms with Crippen LogP contribution in [0, 0.1) is 0 Å². The molecule has 0 aromatic heterocycles. The van der Waals surface area contributed by atoms with Crippen LogP contribution >= 0.6 is 0 Å². The third-order valence-corrected chi connectivity index (χ3v) is 2.93. The Morgan fingerprint density at radius 3 is 2.62 bits per heavy atom. The number of nitrogens with one attached hydrogen (secondary N) is 2. The number of carboxylic acids is 1. The van der Waals surface area contributed by atoms with Gasteiger partial charge in [-0.05, 0) is 19.4 Å². The van der Waals surface area contributed by atoms with Gasteiger partial charge >= 0.3 is 12.0 Å². The van der Waals surface area contributed by atoms with Gasteiger partial charge in [-0.1, -0.05) is 25.1 Å². The van der Waals surface area contributed by atoms with Gasteiger partial charge in [0.25, 0.3) is 0 Å². The molecule has 3 N–H and O–H groups in total. The number of hydrogen-bond acceptors (Lipinski definition) is 3. The van der Waals surface area contributed by atoms with Crippen LogP contribution in [0.25, 0.3) is 0 Å². The molecule has 0 spiro atoms. The molecular weight excluding hydrogens is 272 g/mol. The number of carbonyl (C=O) groups is 2. The van der Waals surface area contributed by atoms with E-state index in [-0.39, 0.29) is 25.0 Å². The van der Waals surface area contributed by atoms with Crippen LogP contribution in [0.3, 0.4) is 0 Å². The van der Waals surface area contributed by atoms with E-state index >= 15 is 0 Å². The first-order chi connectivity index (χ1) is 10.1. The number of para-hydroxylation sites is 1. The monoisotopic (exact) mass is 294 g/mol. The molecule has 0 bridgehead atoms. The third-order valence-electron chi connectivity index (χ3n) is 2.93. The maximum Gasteiger partial charge on any atom is 0.315 e. The minimum absolute atomic E-state index is 0.0975. The van der Waals surface area contributed by atoms with Gasteiger partial charge < -0.3 is 20.5 Å². The molecule has 0 aliphatic heterocycles. The molecule has 1 rings (SSSR count). The number of rotatable bonds is 8. The normalized spacial score (nSPS) is 11.5. The lowest BCUT2D eigenvalue weighted by molar-refractivity contribution is -0.136. The van der Waals surface area contributed by atoms with Crippen LogP contribution in [0.1, 0.15) is 38.3 Å². The van der Waals surface area contributed by atoms with Crippen molar-refractivity contribution in [3.63, 3.8) is 0 Å². The minimum Gasteiger partial charge on any atom is -0.494 e. The molecule has 6 heteroatoms. The summed E-state index contributed by atoms with van der Waals surface area (Å²) in [6.45, 7) is 4.53. The second kappa shape index (κ2) is 8.84. The maximum absolute atomic E-state index is 11.8. The Labute approximate surface area is 124 Å². The second-order valence-corrected chi connectivity index (χ2v) is 4.48. The van der Waals surface area contributed by atoms with Gasteiger partial charge in [-0.3, -0.25) is 4.79 Å². The van der Waals surface area contributed by atoms with E-state index in [0.717, 1.165) is 11.3 Å². The number of carbonyl (C=O) groups excluding carboxylic acids is 1. The van der Waals surface area contributed by atoms with E-state index in [9.17, 15) is 9.59 Å². The van der Waals surface area contributed by atoms with Crippen molar-refractivity contribution in [2.45, 2.75) is 32.7 Å². The summed E-state index contributed by atoms with van der Waals surface area (Å²) in [5, 5.41) is 13.9. The molecule has 6 nitrogen and oxygen atoms in total. The van der Waals surface area contributed by atoms with E-state index in [1.165, 1.54) is 0 Å². The van der Waals surface area contributed by atoms with Gasteiger partial charge in [-0.25, -0.2) is 4.79 Å². The fourth-order valence-electron chi connectivity index (χ4n) is 1.95. The number of hydrogen-bond donors (Lipinski definition) is 3. The van der Waals surface area contributed by atoms with Gasteiger partial charge in [0.15, 0.2) is 0 Å². The van der Waals surface area contributed by atoms with Crippen molar-refractivity contribution in [3.05, 3.63) is 29.8 Å². The zero-order chi connectivity index (χ0) is 15.7. The molecule has 2 amide bonds. The van der Waals surface area contributed by atoms with Gasteiger partial charge in [0.05, 0.1) is 19.1 Å². The summed E-state index contributed by atoms with van der Waals surface area (Å²) in [7, 11) is 0. The van der Waals surface area contributed by atoms with Crippen molar-refractivity contribution in [2.75, 3.05) is 13.2 Å². The van der Waals surface area contributed by atoms with Crippen LogP contribution in [0.15, 0.2) is 24.3 Å². The van der Waals surface area contributed by atoms with Gasteiger partial charge in [0, 0.05) is 12.1 Å². The molecule has 1 aromatic rings. The lowest BCUT2D eigenvalue weighted by Gasteiger charge is -2.20. The van der Waals surface area contributed by atoms with Crippen LogP contribution in [0.5, 0.6) is 5.75 Å². The van der Waals surface area contributed by atoms with E-state index in [4.69, 9.17) is 9.84 Å². The summed E-state index contributed by atoms with van der Waals surface area (Å²) in [5.74, 6) is -0.193. The fraction of sp³-hybridized carbons (Fsp3) is 0.467. The van der Waals surface area contributed by atoms with Gasteiger partial charge in [0.2, 0.25) is 0 Å². The molecule has 1 aromatic carbocycles. The Hall–Kier alpha value is -2.24. The molecule has 1 unspecified atom stereocenters. The Kier molecular flexibility index (Phi) is 7.08. The SMILES string of the molecule is CCOc1ccccc1C(CC)NC(=O)NCCC(=O)O. The van der Waals surface area contributed by atoms with Crippen molar-refractivity contribution in [1.82, 2.24) is 10.6 Å². The zero-order valence-electron chi connectivity index (χ0n) is 12.4. The number of carboxylic acid groups (broad SMARTS) is 1. The summed E-state index contributed by atoms with van der Waals surface area (Å²) in [6.07, 6.45) is 0.607. The number of amides is 2. The Balaban J connectivity index is 2.66. The van der Waals surface area contributed by atoms with Crippen molar-refractivity contribution in [2.24, 2.45) is 0 Å². The average molecular weight is 294 g/mol. The van der Waals surface area contributed by atoms with Gasteiger partial charge in [0.1, 0.15) is 5.75 Å². The molecule has 0 saturated heterocycles. The van der Waals surface area contributed by atoms with Crippen LogP contribution in [0.4, 0.5) is 4.79 Å². The molecule has 0 aliphatic carbocycles. The lowest BCUT2D eigenvalue weighted by atomic mass is 10.0. The highest BCUT2D eigenvalue weighted by molar-refractivity contribution is 5.75. The molecule has 0 radical (unpaired) electrons. The predicted octanol–water partition coefficient (Wildman–Crippen LogP) is 2.31. The van der Waals surface area contributed by atoms with E-state index < -0.39 is 5.97 Å². The molecule has 0 aliphatic rings. The van der Waals surface area contributed by atoms with Gasteiger partial charge in [-0.15, -0.1) is 0 Å². The Morgan fingerprint density at radius 1 is 1.29 bits per heavy atom.